The van der Waals surface area contributed by atoms with E-state index in [1.807, 2.05) is 96.9 Å². The van der Waals surface area contributed by atoms with E-state index in [0.29, 0.717) is 31.0 Å². The van der Waals surface area contributed by atoms with Crippen LogP contribution in [0.2, 0.25) is 5.02 Å². The molecule has 0 unspecified atom stereocenters. The summed E-state index contributed by atoms with van der Waals surface area (Å²) in [5.74, 6) is -0.328. The predicted octanol–water partition coefficient (Wildman–Crippen LogP) is 4.85. The minimum atomic E-state index is -0.730. The summed E-state index contributed by atoms with van der Waals surface area (Å²) < 4.78 is 0. The number of fused-ring (bicyclic) bond motifs is 2. The number of urea groups is 1. The average Bonchev–Trinajstić information content (AvgIpc) is 3.37. The minimum Gasteiger partial charge on any atom is -0.333 e. The lowest BCUT2D eigenvalue weighted by Crippen LogP contribution is -2.66. The van der Waals surface area contributed by atoms with Crippen LogP contribution in [0.5, 0.6) is 0 Å². The highest BCUT2D eigenvalue weighted by molar-refractivity contribution is 6.32. The van der Waals surface area contributed by atoms with Gasteiger partial charge in [0.2, 0.25) is 11.8 Å². The van der Waals surface area contributed by atoms with E-state index in [4.69, 9.17) is 11.6 Å². The number of benzene rings is 3. The normalized spacial score (nSPS) is 18.5. The summed E-state index contributed by atoms with van der Waals surface area (Å²) in [7, 11) is 0. The Balaban J connectivity index is 1.33. The molecule has 2 saturated heterocycles. The number of carbonyl (C=O) groups is 3. The maximum atomic E-state index is 14.2. The first-order chi connectivity index (χ1) is 21.4. The zero-order valence-corrected chi connectivity index (χ0v) is 25.4. The fraction of sp³-hybridized carbons (Fsp3) is 0.294. The maximum Gasteiger partial charge on any atom is 0.332 e. The summed E-state index contributed by atoms with van der Waals surface area (Å²) in [6.45, 7) is 3.25. The van der Waals surface area contributed by atoms with Gasteiger partial charge < -0.3 is 15.1 Å². The van der Waals surface area contributed by atoms with Crippen LogP contribution >= 0.6 is 11.6 Å². The predicted molar refractivity (Wildman–Crippen MR) is 169 cm³/mol. The molecular formula is C34H35ClN6O3. The molecule has 2 fully saturated rings. The third-order valence-corrected chi connectivity index (χ3v) is 8.63. The van der Waals surface area contributed by atoms with Crippen molar-refractivity contribution in [3.63, 3.8) is 0 Å². The second-order valence-corrected chi connectivity index (χ2v) is 11.6. The van der Waals surface area contributed by atoms with Crippen LogP contribution in [-0.4, -0.2) is 74.5 Å². The van der Waals surface area contributed by atoms with Gasteiger partial charge in [0.1, 0.15) is 12.2 Å². The molecule has 3 heterocycles. The molecule has 0 radical (unpaired) electrons. The lowest BCUT2D eigenvalue weighted by molar-refractivity contribution is -0.157. The van der Waals surface area contributed by atoms with Gasteiger partial charge in [-0.3, -0.25) is 19.6 Å². The first-order valence-corrected chi connectivity index (χ1v) is 15.3. The molecule has 4 amide bonds. The van der Waals surface area contributed by atoms with Gasteiger partial charge in [0, 0.05) is 48.2 Å². The number of amides is 4. The van der Waals surface area contributed by atoms with E-state index in [0.717, 1.165) is 27.6 Å². The number of hydrogen-bond donors (Lipinski definition) is 1. The molecule has 0 spiro atoms. The lowest BCUT2D eigenvalue weighted by Gasteiger charge is -2.46. The summed E-state index contributed by atoms with van der Waals surface area (Å²) in [6, 6.07) is 26.0. The van der Waals surface area contributed by atoms with Crippen LogP contribution in [0.15, 0.2) is 91.1 Å². The highest BCUT2D eigenvalue weighted by Crippen LogP contribution is 2.32. The quantitative estimate of drug-likeness (QED) is 0.293. The van der Waals surface area contributed by atoms with Crippen molar-refractivity contribution in [2.75, 3.05) is 19.6 Å². The van der Waals surface area contributed by atoms with Crippen molar-refractivity contribution in [3.05, 3.63) is 113 Å². The Labute approximate surface area is 262 Å². The van der Waals surface area contributed by atoms with Crippen LogP contribution in [0.4, 0.5) is 4.79 Å². The van der Waals surface area contributed by atoms with Crippen molar-refractivity contribution in [2.24, 2.45) is 0 Å². The Morgan fingerprint density at radius 3 is 2.43 bits per heavy atom. The molecule has 2 aliphatic rings. The van der Waals surface area contributed by atoms with E-state index in [2.05, 4.69) is 10.3 Å². The van der Waals surface area contributed by atoms with Gasteiger partial charge in [0.05, 0.1) is 18.6 Å². The zero-order valence-electron chi connectivity index (χ0n) is 24.6. The number of nitrogens with one attached hydrogen (secondary N) is 1. The third kappa shape index (κ3) is 5.98. The van der Waals surface area contributed by atoms with E-state index in [1.54, 1.807) is 21.0 Å². The molecule has 4 aromatic rings. The Hall–Kier alpha value is -4.47. The van der Waals surface area contributed by atoms with E-state index in [9.17, 15) is 14.4 Å². The Bertz CT molecular complexity index is 1650. The van der Waals surface area contributed by atoms with Crippen LogP contribution in [0, 0.1) is 0 Å². The van der Waals surface area contributed by atoms with Crippen LogP contribution in [0.1, 0.15) is 30.0 Å². The Kier molecular flexibility index (Phi) is 8.77. The number of halogens is 1. The topological polar surface area (TPSA) is 89.1 Å². The van der Waals surface area contributed by atoms with E-state index >= 15 is 0 Å². The standard InChI is InChI=1S/C34H35ClN6O3/c1-2-18-39(34(44)37-20-25-12-7-4-8-13-25)40-23-31(42)41-29(19-24-10-5-3-6-11-24)33(43)38(22-30(40)41)21-27-28(35)16-15-26-14-9-17-36-32(26)27/h3-17,29-30H,2,18-23H2,1H3,(H,37,44)/t29-,30+/m0/s1. The number of rotatable bonds is 9. The highest BCUT2D eigenvalue weighted by atomic mass is 35.5. The molecule has 0 aliphatic carbocycles. The summed E-state index contributed by atoms with van der Waals surface area (Å²) in [5, 5.41) is 7.93. The minimum absolute atomic E-state index is 0.00636. The van der Waals surface area contributed by atoms with Crippen molar-refractivity contribution in [1.82, 2.24) is 30.1 Å². The largest absolute Gasteiger partial charge is 0.333 e. The molecule has 3 aromatic carbocycles. The highest BCUT2D eigenvalue weighted by Gasteiger charge is 2.52. The molecule has 10 heteroatoms. The number of piperazine rings is 1. The van der Waals surface area contributed by atoms with Gasteiger partial charge in [-0.2, -0.15) is 5.01 Å². The van der Waals surface area contributed by atoms with Crippen molar-refractivity contribution < 1.29 is 14.4 Å². The number of nitrogens with zero attached hydrogens (tertiary/aromatic N) is 5. The van der Waals surface area contributed by atoms with Crippen molar-refractivity contribution in [3.8, 4) is 0 Å². The number of pyridine rings is 1. The second kappa shape index (κ2) is 13.0. The summed E-state index contributed by atoms with van der Waals surface area (Å²) in [4.78, 5) is 49.6. The number of carbonyl (C=O) groups excluding carboxylic acids is 3. The monoisotopic (exact) mass is 610 g/mol. The van der Waals surface area contributed by atoms with Crippen LogP contribution in [0.3, 0.4) is 0 Å². The molecule has 1 N–H and O–H groups in total. The molecule has 0 bridgehead atoms. The lowest BCUT2D eigenvalue weighted by atomic mass is 9.99. The maximum absolute atomic E-state index is 14.2. The molecule has 44 heavy (non-hydrogen) atoms. The fourth-order valence-electron chi connectivity index (χ4n) is 6.17. The van der Waals surface area contributed by atoms with Crippen LogP contribution in [0.25, 0.3) is 10.9 Å². The molecule has 9 nitrogen and oxygen atoms in total. The van der Waals surface area contributed by atoms with E-state index < -0.39 is 12.2 Å². The Morgan fingerprint density at radius 2 is 1.70 bits per heavy atom. The zero-order chi connectivity index (χ0) is 30.6. The SMILES string of the molecule is CCCN(C(=O)NCc1ccccc1)N1CC(=O)N2[C@@H](Cc3ccccc3)C(=O)N(Cc3c(Cl)ccc4cccnc34)C[C@@H]21. The Morgan fingerprint density at radius 1 is 0.977 bits per heavy atom. The summed E-state index contributed by atoms with van der Waals surface area (Å²) >= 11 is 6.70. The first-order valence-electron chi connectivity index (χ1n) is 15.0. The van der Waals surface area contributed by atoms with Gasteiger partial charge in [0.15, 0.2) is 0 Å². The van der Waals surface area contributed by atoms with E-state index in [-0.39, 0.29) is 37.5 Å². The van der Waals surface area contributed by atoms with Gasteiger partial charge in [-0.25, -0.2) is 4.79 Å². The molecule has 0 saturated carbocycles. The van der Waals surface area contributed by atoms with Gasteiger partial charge in [-0.15, -0.1) is 0 Å². The fourth-order valence-corrected chi connectivity index (χ4v) is 6.39. The number of aromatic nitrogens is 1. The molecule has 2 atom stereocenters. The van der Waals surface area contributed by atoms with E-state index in [1.165, 1.54) is 0 Å². The van der Waals surface area contributed by atoms with Crippen molar-refractivity contribution in [1.29, 1.82) is 0 Å². The number of hydrazine groups is 1. The summed E-state index contributed by atoms with van der Waals surface area (Å²) in [5.41, 5.74) is 3.43. The smallest absolute Gasteiger partial charge is 0.332 e. The van der Waals surface area contributed by atoms with Crippen molar-refractivity contribution in [2.45, 2.75) is 45.1 Å². The molecule has 2 aliphatic heterocycles. The molecule has 6 rings (SSSR count). The van der Waals surface area contributed by atoms with Gasteiger partial charge in [-0.1, -0.05) is 91.3 Å². The van der Waals surface area contributed by atoms with Gasteiger partial charge >= 0.3 is 6.03 Å². The molecular weight excluding hydrogens is 576 g/mol. The first kappa shape index (κ1) is 29.6. The molecule has 1 aromatic heterocycles. The molecule has 226 valence electrons. The summed E-state index contributed by atoms with van der Waals surface area (Å²) in [6.07, 6.45) is 2.25. The van der Waals surface area contributed by atoms with Gasteiger partial charge in [-0.05, 0) is 29.7 Å². The average molecular weight is 611 g/mol. The van der Waals surface area contributed by atoms with Crippen molar-refractivity contribution >= 4 is 40.3 Å². The van der Waals surface area contributed by atoms with Gasteiger partial charge in [0.25, 0.3) is 0 Å². The number of hydrogen-bond acceptors (Lipinski definition) is 5. The third-order valence-electron chi connectivity index (χ3n) is 8.28. The second-order valence-electron chi connectivity index (χ2n) is 11.2. The van der Waals surface area contributed by atoms with Crippen LogP contribution < -0.4 is 5.32 Å². The van der Waals surface area contributed by atoms with Crippen LogP contribution in [-0.2, 0) is 29.1 Å².